The van der Waals surface area contributed by atoms with E-state index in [0.29, 0.717) is 6.61 Å². The first-order valence-electron chi connectivity index (χ1n) is 3.62. The molecule has 1 N–H and O–H groups in total. The van der Waals surface area contributed by atoms with E-state index < -0.39 is 6.29 Å². The van der Waals surface area contributed by atoms with Crippen molar-refractivity contribution in [2.24, 2.45) is 0 Å². The van der Waals surface area contributed by atoms with Gasteiger partial charge >= 0.3 is 0 Å². The van der Waals surface area contributed by atoms with E-state index in [1.54, 1.807) is 6.92 Å². The molecular weight excluding hydrogens is 140 g/mol. The molecule has 1 atom stereocenters. The Morgan fingerprint density at radius 1 is 1.36 bits per heavy atom. The smallest absolute Gasteiger partial charge is 0.152 e. The molecule has 1 rings (SSSR count). The largest absolute Gasteiger partial charge is 0.368 e. The Hall–Kier alpha value is -0.860. The van der Waals surface area contributed by atoms with Crippen molar-refractivity contribution in [3.05, 3.63) is 35.9 Å². The average molecular weight is 152 g/mol. The molecule has 0 aliphatic rings. The maximum atomic E-state index is 8.79. The lowest BCUT2D eigenvalue weighted by atomic mass is 10.2. The monoisotopic (exact) mass is 152 g/mol. The van der Waals surface area contributed by atoms with Gasteiger partial charge in [-0.05, 0) is 12.5 Å². The van der Waals surface area contributed by atoms with Crippen LogP contribution in [0.1, 0.15) is 12.5 Å². The van der Waals surface area contributed by atoms with Gasteiger partial charge in [0.05, 0.1) is 6.61 Å². The first-order valence-corrected chi connectivity index (χ1v) is 3.62. The van der Waals surface area contributed by atoms with E-state index in [2.05, 4.69) is 0 Å². The van der Waals surface area contributed by atoms with Crippen molar-refractivity contribution in [2.75, 3.05) is 0 Å². The van der Waals surface area contributed by atoms with E-state index in [1.807, 2.05) is 30.3 Å². The van der Waals surface area contributed by atoms with Crippen molar-refractivity contribution in [3.8, 4) is 0 Å². The zero-order valence-corrected chi connectivity index (χ0v) is 6.53. The summed E-state index contributed by atoms with van der Waals surface area (Å²) in [4.78, 5) is 0. The Kier molecular flexibility index (Phi) is 3.08. The number of benzene rings is 1. The van der Waals surface area contributed by atoms with E-state index in [1.165, 1.54) is 0 Å². The topological polar surface area (TPSA) is 29.5 Å². The first-order chi connectivity index (χ1) is 5.29. The zero-order chi connectivity index (χ0) is 8.10. The highest BCUT2D eigenvalue weighted by atomic mass is 16.6. The summed E-state index contributed by atoms with van der Waals surface area (Å²) in [7, 11) is 0. The van der Waals surface area contributed by atoms with Gasteiger partial charge in [-0.1, -0.05) is 30.3 Å². The summed E-state index contributed by atoms with van der Waals surface area (Å²) < 4.78 is 4.98. The molecular formula is C9H12O2. The second kappa shape index (κ2) is 4.11. The summed E-state index contributed by atoms with van der Waals surface area (Å²) in [6.07, 6.45) is -0.685. The fourth-order valence-corrected chi connectivity index (χ4v) is 0.791. The number of aliphatic hydroxyl groups is 1. The van der Waals surface area contributed by atoms with E-state index >= 15 is 0 Å². The molecule has 0 amide bonds. The van der Waals surface area contributed by atoms with Crippen molar-refractivity contribution in [1.82, 2.24) is 0 Å². The molecule has 1 aromatic rings. The minimum Gasteiger partial charge on any atom is -0.368 e. The third-order valence-electron chi connectivity index (χ3n) is 1.33. The van der Waals surface area contributed by atoms with Gasteiger partial charge in [-0.15, -0.1) is 0 Å². The Balaban J connectivity index is 2.39. The van der Waals surface area contributed by atoms with Gasteiger partial charge < -0.3 is 9.84 Å². The SMILES string of the molecule is CC(O)OCc1ccccc1. The average Bonchev–Trinajstić information content (AvgIpc) is 2.03. The molecule has 60 valence electrons. The summed E-state index contributed by atoms with van der Waals surface area (Å²) in [6, 6.07) is 9.76. The Morgan fingerprint density at radius 2 is 2.00 bits per heavy atom. The van der Waals surface area contributed by atoms with Crippen molar-refractivity contribution in [2.45, 2.75) is 19.8 Å². The van der Waals surface area contributed by atoms with E-state index in [-0.39, 0.29) is 0 Å². The molecule has 11 heavy (non-hydrogen) atoms. The molecule has 1 aromatic carbocycles. The van der Waals surface area contributed by atoms with Crippen molar-refractivity contribution < 1.29 is 9.84 Å². The van der Waals surface area contributed by atoms with Crippen LogP contribution >= 0.6 is 0 Å². The number of hydrogen-bond acceptors (Lipinski definition) is 2. The molecule has 0 saturated heterocycles. The van der Waals surface area contributed by atoms with E-state index in [0.717, 1.165) is 5.56 Å². The molecule has 0 bridgehead atoms. The van der Waals surface area contributed by atoms with Gasteiger partial charge in [-0.3, -0.25) is 0 Å². The summed E-state index contributed by atoms with van der Waals surface area (Å²) >= 11 is 0. The summed E-state index contributed by atoms with van der Waals surface area (Å²) in [5.74, 6) is 0. The van der Waals surface area contributed by atoms with Crippen LogP contribution in [-0.4, -0.2) is 11.4 Å². The third kappa shape index (κ3) is 3.16. The molecule has 0 saturated carbocycles. The number of hydrogen-bond donors (Lipinski definition) is 1. The normalized spacial score (nSPS) is 12.9. The fraction of sp³-hybridized carbons (Fsp3) is 0.333. The van der Waals surface area contributed by atoms with Gasteiger partial charge in [0, 0.05) is 0 Å². The first kappa shape index (κ1) is 8.24. The molecule has 0 fully saturated rings. The maximum absolute atomic E-state index is 8.79. The number of rotatable bonds is 3. The van der Waals surface area contributed by atoms with Crippen LogP contribution in [0.5, 0.6) is 0 Å². The van der Waals surface area contributed by atoms with Crippen LogP contribution < -0.4 is 0 Å². The Labute approximate surface area is 66.4 Å². The van der Waals surface area contributed by atoms with Gasteiger partial charge in [0.1, 0.15) is 0 Å². The van der Waals surface area contributed by atoms with Crippen LogP contribution in [-0.2, 0) is 11.3 Å². The minimum absolute atomic E-state index is 0.471. The molecule has 0 spiro atoms. The van der Waals surface area contributed by atoms with Gasteiger partial charge in [-0.25, -0.2) is 0 Å². The predicted octanol–water partition coefficient (Wildman–Crippen LogP) is 1.54. The van der Waals surface area contributed by atoms with Gasteiger partial charge in [0.25, 0.3) is 0 Å². The van der Waals surface area contributed by atoms with Gasteiger partial charge in [0.15, 0.2) is 6.29 Å². The Morgan fingerprint density at radius 3 is 2.55 bits per heavy atom. The molecule has 0 radical (unpaired) electrons. The molecule has 0 heterocycles. The van der Waals surface area contributed by atoms with Crippen LogP contribution in [0.3, 0.4) is 0 Å². The highest BCUT2D eigenvalue weighted by Gasteiger charge is 1.94. The van der Waals surface area contributed by atoms with Crippen LogP contribution in [0.15, 0.2) is 30.3 Å². The summed E-state index contributed by atoms with van der Waals surface area (Å²) in [5, 5.41) is 8.79. The van der Waals surface area contributed by atoms with Crippen LogP contribution in [0.2, 0.25) is 0 Å². The standard InChI is InChI=1S/C9H12O2/c1-8(10)11-7-9-5-3-2-4-6-9/h2-6,8,10H,7H2,1H3. The molecule has 2 nitrogen and oxygen atoms in total. The predicted molar refractivity (Wildman–Crippen MR) is 42.9 cm³/mol. The van der Waals surface area contributed by atoms with Crippen molar-refractivity contribution >= 4 is 0 Å². The number of ether oxygens (including phenoxy) is 1. The molecule has 0 aliphatic carbocycles. The quantitative estimate of drug-likeness (QED) is 0.666. The fourth-order valence-electron chi connectivity index (χ4n) is 0.791. The van der Waals surface area contributed by atoms with Gasteiger partial charge in [-0.2, -0.15) is 0 Å². The maximum Gasteiger partial charge on any atom is 0.152 e. The lowest BCUT2D eigenvalue weighted by molar-refractivity contribution is -0.0939. The highest BCUT2D eigenvalue weighted by molar-refractivity contribution is 5.13. The molecule has 0 aromatic heterocycles. The molecule has 1 unspecified atom stereocenters. The van der Waals surface area contributed by atoms with E-state index in [4.69, 9.17) is 9.84 Å². The zero-order valence-electron chi connectivity index (χ0n) is 6.53. The van der Waals surface area contributed by atoms with Gasteiger partial charge in [0.2, 0.25) is 0 Å². The summed E-state index contributed by atoms with van der Waals surface area (Å²) in [5.41, 5.74) is 1.08. The second-order valence-electron chi connectivity index (χ2n) is 2.40. The summed E-state index contributed by atoms with van der Waals surface area (Å²) in [6.45, 7) is 2.07. The highest BCUT2D eigenvalue weighted by Crippen LogP contribution is 2.01. The number of aliphatic hydroxyl groups excluding tert-OH is 1. The lowest BCUT2D eigenvalue weighted by Gasteiger charge is -2.05. The van der Waals surface area contributed by atoms with E-state index in [9.17, 15) is 0 Å². The molecule has 2 heteroatoms. The second-order valence-corrected chi connectivity index (χ2v) is 2.40. The van der Waals surface area contributed by atoms with Crippen LogP contribution in [0.4, 0.5) is 0 Å². The minimum atomic E-state index is -0.685. The van der Waals surface area contributed by atoms with Crippen LogP contribution in [0, 0.1) is 0 Å². The van der Waals surface area contributed by atoms with Crippen molar-refractivity contribution in [3.63, 3.8) is 0 Å². The molecule has 0 aliphatic heterocycles. The third-order valence-corrected chi connectivity index (χ3v) is 1.33. The Bertz CT molecular complexity index is 194. The lowest BCUT2D eigenvalue weighted by Crippen LogP contribution is -2.05. The van der Waals surface area contributed by atoms with Crippen molar-refractivity contribution in [1.29, 1.82) is 0 Å². The van der Waals surface area contributed by atoms with Crippen LogP contribution in [0.25, 0.3) is 0 Å².